The van der Waals surface area contributed by atoms with Crippen LogP contribution in [0.5, 0.6) is 11.5 Å². The van der Waals surface area contributed by atoms with Crippen molar-refractivity contribution in [1.82, 2.24) is 10.3 Å². The van der Waals surface area contributed by atoms with Crippen molar-refractivity contribution in [2.75, 3.05) is 13.7 Å². The molecule has 1 unspecified atom stereocenters. The molecule has 4 nitrogen and oxygen atoms in total. The first-order valence-electron chi connectivity index (χ1n) is 6.70. The van der Waals surface area contributed by atoms with Crippen LogP contribution in [0.4, 0.5) is 0 Å². The van der Waals surface area contributed by atoms with Crippen molar-refractivity contribution in [1.29, 1.82) is 0 Å². The largest absolute Gasteiger partial charge is 0.508 e. The monoisotopic (exact) mass is 272 g/mol. The maximum absolute atomic E-state index is 9.91. The predicted molar refractivity (Wildman–Crippen MR) is 79.0 cm³/mol. The summed E-state index contributed by atoms with van der Waals surface area (Å²) in [6.45, 7) is 2.85. The summed E-state index contributed by atoms with van der Waals surface area (Å²) in [6.07, 6.45) is 4.55. The van der Waals surface area contributed by atoms with Crippen LogP contribution < -0.4 is 10.1 Å². The zero-order chi connectivity index (χ0) is 14.4. The van der Waals surface area contributed by atoms with E-state index in [0.717, 1.165) is 24.3 Å². The lowest BCUT2D eigenvalue weighted by molar-refractivity contribution is 0.407. The fourth-order valence-corrected chi connectivity index (χ4v) is 2.10. The quantitative estimate of drug-likeness (QED) is 0.849. The third-order valence-electron chi connectivity index (χ3n) is 3.29. The standard InChI is InChI=1S/C16H20N2O2/c1-12(15-10-14(20-2)5-6-16(15)19)18-9-7-13-4-3-8-17-11-13/h3-6,8,10-12,18-19H,7,9H2,1-2H3. The van der Waals surface area contributed by atoms with Gasteiger partial charge in [0.05, 0.1) is 7.11 Å². The van der Waals surface area contributed by atoms with Gasteiger partial charge in [-0.2, -0.15) is 0 Å². The number of nitrogens with zero attached hydrogens (tertiary/aromatic N) is 1. The summed E-state index contributed by atoms with van der Waals surface area (Å²) in [4.78, 5) is 4.09. The van der Waals surface area contributed by atoms with Crippen LogP contribution in [0.15, 0.2) is 42.7 Å². The number of pyridine rings is 1. The summed E-state index contributed by atoms with van der Waals surface area (Å²) in [5, 5.41) is 13.3. The minimum atomic E-state index is 0.0572. The van der Waals surface area contributed by atoms with Gasteiger partial charge in [0.2, 0.25) is 0 Å². The molecule has 0 aliphatic heterocycles. The highest BCUT2D eigenvalue weighted by Crippen LogP contribution is 2.28. The molecule has 1 aromatic heterocycles. The molecule has 0 spiro atoms. The van der Waals surface area contributed by atoms with Crippen molar-refractivity contribution in [2.24, 2.45) is 0 Å². The van der Waals surface area contributed by atoms with Crippen molar-refractivity contribution in [3.05, 3.63) is 53.9 Å². The number of rotatable bonds is 6. The minimum absolute atomic E-state index is 0.0572. The number of aromatic nitrogens is 1. The maximum atomic E-state index is 9.91. The number of hydrogen-bond acceptors (Lipinski definition) is 4. The number of phenols is 1. The van der Waals surface area contributed by atoms with Crippen molar-refractivity contribution >= 4 is 0 Å². The molecule has 0 amide bonds. The van der Waals surface area contributed by atoms with E-state index < -0.39 is 0 Å². The van der Waals surface area contributed by atoms with Gasteiger partial charge in [-0.15, -0.1) is 0 Å². The maximum Gasteiger partial charge on any atom is 0.120 e. The summed E-state index contributed by atoms with van der Waals surface area (Å²) in [5.74, 6) is 1.03. The molecule has 2 N–H and O–H groups in total. The van der Waals surface area contributed by atoms with Crippen LogP contribution in [0.3, 0.4) is 0 Å². The molecule has 2 aromatic rings. The van der Waals surface area contributed by atoms with Gasteiger partial charge in [-0.25, -0.2) is 0 Å². The number of benzene rings is 1. The Balaban J connectivity index is 1.93. The lowest BCUT2D eigenvalue weighted by Gasteiger charge is -2.16. The second kappa shape index (κ2) is 6.91. The number of nitrogens with one attached hydrogen (secondary N) is 1. The van der Waals surface area contributed by atoms with Gasteiger partial charge < -0.3 is 15.2 Å². The summed E-state index contributed by atoms with van der Waals surface area (Å²) >= 11 is 0. The zero-order valence-electron chi connectivity index (χ0n) is 11.8. The molecule has 0 aliphatic carbocycles. The molecule has 4 heteroatoms. The van der Waals surface area contributed by atoms with Crippen molar-refractivity contribution in [2.45, 2.75) is 19.4 Å². The molecule has 0 radical (unpaired) electrons. The Hall–Kier alpha value is -2.07. The Bertz CT molecular complexity index is 543. The van der Waals surface area contributed by atoms with Crippen LogP contribution in [0, 0.1) is 0 Å². The number of phenolic OH excluding ortho intramolecular Hbond substituents is 1. The SMILES string of the molecule is COc1ccc(O)c(C(C)NCCc2cccnc2)c1. The summed E-state index contributed by atoms with van der Waals surface area (Å²) in [7, 11) is 1.62. The van der Waals surface area contributed by atoms with E-state index in [9.17, 15) is 5.11 Å². The number of hydrogen-bond donors (Lipinski definition) is 2. The molecule has 0 saturated carbocycles. The van der Waals surface area contributed by atoms with Gasteiger partial charge in [-0.05, 0) is 49.7 Å². The van der Waals surface area contributed by atoms with E-state index >= 15 is 0 Å². The summed E-state index contributed by atoms with van der Waals surface area (Å²) in [6, 6.07) is 9.32. The van der Waals surface area contributed by atoms with Crippen molar-refractivity contribution in [3.8, 4) is 11.5 Å². The molecule has 0 bridgehead atoms. The van der Waals surface area contributed by atoms with Gasteiger partial charge in [0.25, 0.3) is 0 Å². The van der Waals surface area contributed by atoms with Crippen LogP contribution >= 0.6 is 0 Å². The number of aromatic hydroxyl groups is 1. The van der Waals surface area contributed by atoms with Crippen LogP contribution in [0.25, 0.3) is 0 Å². The highest BCUT2D eigenvalue weighted by atomic mass is 16.5. The van der Waals surface area contributed by atoms with Gasteiger partial charge in [0.1, 0.15) is 11.5 Å². The lowest BCUT2D eigenvalue weighted by Crippen LogP contribution is -2.21. The summed E-state index contributed by atoms with van der Waals surface area (Å²) in [5.41, 5.74) is 2.04. The molecule has 106 valence electrons. The Morgan fingerprint density at radius 3 is 2.90 bits per heavy atom. The van der Waals surface area contributed by atoms with Crippen LogP contribution in [0.2, 0.25) is 0 Å². The summed E-state index contributed by atoms with van der Waals surface area (Å²) < 4.78 is 5.19. The second-order valence-electron chi connectivity index (χ2n) is 4.71. The third-order valence-corrected chi connectivity index (χ3v) is 3.29. The average molecular weight is 272 g/mol. The van der Waals surface area contributed by atoms with Crippen LogP contribution in [-0.2, 0) is 6.42 Å². The van der Waals surface area contributed by atoms with Crippen LogP contribution in [-0.4, -0.2) is 23.7 Å². The normalized spacial score (nSPS) is 12.1. The van der Waals surface area contributed by atoms with E-state index in [1.807, 2.05) is 25.3 Å². The highest BCUT2D eigenvalue weighted by Gasteiger charge is 2.11. The minimum Gasteiger partial charge on any atom is -0.508 e. The Morgan fingerprint density at radius 1 is 1.35 bits per heavy atom. The van der Waals surface area contributed by atoms with Crippen molar-refractivity contribution < 1.29 is 9.84 Å². The highest BCUT2D eigenvalue weighted by molar-refractivity contribution is 5.41. The molecular formula is C16H20N2O2. The Labute approximate surface area is 119 Å². The zero-order valence-corrected chi connectivity index (χ0v) is 11.8. The lowest BCUT2D eigenvalue weighted by atomic mass is 10.1. The fourth-order valence-electron chi connectivity index (χ4n) is 2.10. The Morgan fingerprint density at radius 2 is 2.20 bits per heavy atom. The van der Waals surface area contributed by atoms with E-state index in [1.54, 1.807) is 25.4 Å². The second-order valence-corrected chi connectivity index (χ2v) is 4.71. The molecule has 1 atom stereocenters. The van der Waals surface area contributed by atoms with E-state index in [-0.39, 0.29) is 11.8 Å². The predicted octanol–water partition coefficient (Wildman–Crippen LogP) is 2.69. The van der Waals surface area contributed by atoms with Gasteiger partial charge in [0.15, 0.2) is 0 Å². The van der Waals surface area contributed by atoms with Gasteiger partial charge >= 0.3 is 0 Å². The van der Waals surface area contributed by atoms with Crippen LogP contribution in [0.1, 0.15) is 24.1 Å². The fraction of sp³-hybridized carbons (Fsp3) is 0.312. The molecule has 2 rings (SSSR count). The Kier molecular flexibility index (Phi) is 4.96. The third kappa shape index (κ3) is 3.71. The van der Waals surface area contributed by atoms with Gasteiger partial charge in [-0.3, -0.25) is 4.98 Å². The topological polar surface area (TPSA) is 54.4 Å². The molecule has 0 aliphatic rings. The molecule has 1 heterocycles. The molecular weight excluding hydrogens is 252 g/mol. The van der Waals surface area contributed by atoms with E-state index in [1.165, 1.54) is 5.56 Å². The van der Waals surface area contributed by atoms with E-state index in [4.69, 9.17) is 4.74 Å². The number of methoxy groups -OCH3 is 1. The smallest absolute Gasteiger partial charge is 0.120 e. The van der Waals surface area contributed by atoms with E-state index in [0.29, 0.717) is 0 Å². The first-order valence-corrected chi connectivity index (χ1v) is 6.70. The van der Waals surface area contributed by atoms with E-state index in [2.05, 4.69) is 16.4 Å². The van der Waals surface area contributed by atoms with Gasteiger partial charge in [0, 0.05) is 24.0 Å². The first-order chi connectivity index (χ1) is 9.70. The average Bonchev–Trinajstić information content (AvgIpc) is 2.48. The molecule has 20 heavy (non-hydrogen) atoms. The van der Waals surface area contributed by atoms with Gasteiger partial charge in [-0.1, -0.05) is 6.07 Å². The molecule has 0 saturated heterocycles. The number of ether oxygens (including phenoxy) is 1. The first kappa shape index (κ1) is 14.3. The molecule has 1 aromatic carbocycles. The van der Waals surface area contributed by atoms with Crippen molar-refractivity contribution in [3.63, 3.8) is 0 Å². The molecule has 0 fully saturated rings.